The highest BCUT2D eigenvalue weighted by Crippen LogP contribution is 2.21. The van der Waals surface area contributed by atoms with Crippen LogP contribution < -0.4 is 5.73 Å². The van der Waals surface area contributed by atoms with Gasteiger partial charge in [0.15, 0.2) is 0 Å². The minimum Gasteiger partial charge on any atom is -0.347 e. The van der Waals surface area contributed by atoms with Gasteiger partial charge in [0.25, 0.3) is 0 Å². The van der Waals surface area contributed by atoms with E-state index in [4.69, 9.17) is 5.73 Å². The van der Waals surface area contributed by atoms with Crippen LogP contribution in [0.15, 0.2) is 30.5 Å². The van der Waals surface area contributed by atoms with E-state index < -0.39 is 0 Å². The van der Waals surface area contributed by atoms with Crippen molar-refractivity contribution in [1.82, 2.24) is 4.57 Å². The van der Waals surface area contributed by atoms with Crippen LogP contribution in [0.3, 0.4) is 0 Å². The monoisotopic (exact) mass is 244 g/mol. The molecule has 0 aliphatic heterocycles. The fraction of sp³-hybridized carbons (Fsp3) is 0.500. The molecule has 98 valence electrons. The molecule has 2 heteroatoms. The topological polar surface area (TPSA) is 30.9 Å². The van der Waals surface area contributed by atoms with E-state index in [1.807, 2.05) is 0 Å². The molecule has 0 amide bonds. The Bertz CT molecular complexity index is 497. The smallest absolute Gasteiger partial charge is 0.0513 e. The molecule has 2 rings (SSSR count). The number of hydrogen-bond acceptors (Lipinski definition) is 1. The zero-order valence-corrected chi connectivity index (χ0v) is 11.5. The van der Waals surface area contributed by atoms with Crippen molar-refractivity contribution in [3.05, 3.63) is 36.0 Å². The lowest BCUT2D eigenvalue weighted by Gasteiger charge is -2.10. The third-order valence-electron chi connectivity index (χ3n) is 3.47. The summed E-state index contributed by atoms with van der Waals surface area (Å²) < 4.78 is 2.39. The maximum Gasteiger partial charge on any atom is 0.0513 e. The largest absolute Gasteiger partial charge is 0.347 e. The lowest BCUT2D eigenvalue weighted by molar-refractivity contribution is 0.517. The van der Waals surface area contributed by atoms with Gasteiger partial charge in [0.2, 0.25) is 0 Å². The van der Waals surface area contributed by atoms with E-state index in [9.17, 15) is 0 Å². The molecule has 0 atom stereocenters. The Morgan fingerprint density at radius 1 is 1.22 bits per heavy atom. The molecule has 0 fully saturated rings. The number of rotatable bonds is 6. The van der Waals surface area contributed by atoms with E-state index in [2.05, 4.69) is 48.9 Å². The molecule has 1 aromatic heterocycles. The molecular weight excluding hydrogens is 220 g/mol. The summed E-state index contributed by atoms with van der Waals surface area (Å²) in [5.41, 5.74) is 8.46. The predicted molar refractivity (Wildman–Crippen MR) is 78.8 cm³/mol. The van der Waals surface area contributed by atoms with Crippen molar-refractivity contribution < 1.29 is 0 Å². The zero-order chi connectivity index (χ0) is 13.0. The SMILES string of the molecule is CC(C)CCCn1ccc2cccc(CCN)c21. The van der Waals surface area contributed by atoms with Crippen molar-refractivity contribution in [1.29, 1.82) is 0 Å². The van der Waals surface area contributed by atoms with Gasteiger partial charge < -0.3 is 10.3 Å². The van der Waals surface area contributed by atoms with E-state index in [0.29, 0.717) is 0 Å². The van der Waals surface area contributed by atoms with E-state index in [0.717, 1.165) is 25.4 Å². The van der Waals surface area contributed by atoms with E-state index in [-0.39, 0.29) is 0 Å². The number of hydrogen-bond donors (Lipinski definition) is 1. The molecular formula is C16H24N2. The van der Waals surface area contributed by atoms with E-state index in [1.54, 1.807) is 0 Å². The molecule has 18 heavy (non-hydrogen) atoms. The summed E-state index contributed by atoms with van der Waals surface area (Å²) >= 11 is 0. The van der Waals surface area contributed by atoms with Crippen LogP contribution in [0.1, 0.15) is 32.3 Å². The second kappa shape index (κ2) is 6.05. The van der Waals surface area contributed by atoms with Crippen LogP contribution >= 0.6 is 0 Å². The van der Waals surface area contributed by atoms with Crippen LogP contribution in [0.2, 0.25) is 0 Å². The zero-order valence-electron chi connectivity index (χ0n) is 11.5. The lowest BCUT2D eigenvalue weighted by Crippen LogP contribution is -2.05. The summed E-state index contributed by atoms with van der Waals surface area (Å²) in [5.74, 6) is 0.787. The highest BCUT2D eigenvalue weighted by atomic mass is 14.9. The molecule has 0 saturated carbocycles. The minimum atomic E-state index is 0.719. The summed E-state index contributed by atoms with van der Waals surface area (Å²) in [7, 11) is 0. The van der Waals surface area contributed by atoms with E-state index in [1.165, 1.54) is 29.3 Å². The minimum absolute atomic E-state index is 0.719. The van der Waals surface area contributed by atoms with Crippen LogP contribution in [0.5, 0.6) is 0 Å². The molecule has 1 heterocycles. The first-order chi connectivity index (χ1) is 8.72. The quantitative estimate of drug-likeness (QED) is 0.827. The molecule has 0 radical (unpaired) electrons. The fourth-order valence-corrected chi connectivity index (χ4v) is 2.55. The van der Waals surface area contributed by atoms with Crippen molar-refractivity contribution in [2.45, 2.75) is 39.7 Å². The number of aryl methyl sites for hydroxylation is 1. The summed E-state index contributed by atoms with van der Waals surface area (Å²) in [6.45, 7) is 6.40. The lowest BCUT2D eigenvalue weighted by atomic mass is 10.1. The Morgan fingerprint density at radius 3 is 2.78 bits per heavy atom. The van der Waals surface area contributed by atoms with E-state index >= 15 is 0 Å². The van der Waals surface area contributed by atoms with Crippen LogP contribution in [-0.4, -0.2) is 11.1 Å². The Morgan fingerprint density at radius 2 is 2.06 bits per heavy atom. The predicted octanol–water partition coefficient (Wildman–Crippen LogP) is 3.58. The molecule has 0 bridgehead atoms. The first-order valence-corrected chi connectivity index (χ1v) is 6.99. The maximum absolute atomic E-state index is 5.70. The Balaban J connectivity index is 2.22. The van der Waals surface area contributed by atoms with Gasteiger partial charge in [-0.25, -0.2) is 0 Å². The number of fused-ring (bicyclic) bond motifs is 1. The van der Waals surface area contributed by atoms with Crippen LogP contribution in [0.4, 0.5) is 0 Å². The third kappa shape index (κ3) is 2.94. The summed E-state index contributed by atoms with van der Waals surface area (Å²) in [4.78, 5) is 0. The first-order valence-electron chi connectivity index (χ1n) is 6.99. The number of benzene rings is 1. The second-order valence-electron chi connectivity index (χ2n) is 5.44. The average Bonchev–Trinajstić information content (AvgIpc) is 2.74. The highest BCUT2D eigenvalue weighted by molar-refractivity contribution is 5.83. The molecule has 0 unspecified atom stereocenters. The third-order valence-corrected chi connectivity index (χ3v) is 3.47. The van der Waals surface area contributed by atoms with Gasteiger partial charge in [0, 0.05) is 12.7 Å². The van der Waals surface area contributed by atoms with Gasteiger partial charge in [-0.15, -0.1) is 0 Å². The molecule has 2 N–H and O–H groups in total. The van der Waals surface area contributed by atoms with Crippen molar-refractivity contribution in [2.24, 2.45) is 11.7 Å². The van der Waals surface area contributed by atoms with Crippen LogP contribution in [0.25, 0.3) is 10.9 Å². The summed E-state index contributed by atoms with van der Waals surface area (Å²) in [6.07, 6.45) is 5.72. The van der Waals surface area contributed by atoms with Crippen molar-refractivity contribution in [2.75, 3.05) is 6.54 Å². The van der Waals surface area contributed by atoms with Gasteiger partial charge in [0.1, 0.15) is 0 Å². The summed E-state index contributed by atoms with van der Waals surface area (Å²) in [5, 5.41) is 1.34. The van der Waals surface area contributed by atoms with Crippen LogP contribution in [-0.2, 0) is 13.0 Å². The second-order valence-corrected chi connectivity index (χ2v) is 5.44. The van der Waals surface area contributed by atoms with Crippen LogP contribution in [0, 0.1) is 5.92 Å². The summed E-state index contributed by atoms with van der Waals surface area (Å²) in [6, 6.07) is 8.74. The van der Waals surface area contributed by atoms with Gasteiger partial charge in [-0.2, -0.15) is 0 Å². The van der Waals surface area contributed by atoms with Crippen molar-refractivity contribution >= 4 is 10.9 Å². The Hall–Kier alpha value is -1.28. The number of nitrogens with zero attached hydrogens (tertiary/aromatic N) is 1. The number of nitrogens with two attached hydrogens (primary N) is 1. The van der Waals surface area contributed by atoms with Gasteiger partial charge in [-0.3, -0.25) is 0 Å². The van der Waals surface area contributed by atoms with Crippen molar-refractivity contribution in [3.63, 3.8) is 0 Å². The Labute approximate surface area is 110 Å². The van der Waals surface area contributed by atoms with Gasteiger partial charge >= 0.3 is 0 Å². The molecule has 0 aliphatic carbocycles. The fourth-order valence-electron chi connectivity index (χ4n) is 2.55. The number of para-hydroxylation sites is 1. The first kappa shape index (κ1) is 13.2. The normalized spacial score (nSPS) is 11.6. The van der Waals surface area contributed by atoms with Gasteiger partial charge in [-0.1, -0.05) is 32.0 Å². The van der Waals surface area contributed by atoms with Crippen molar-refractivity contribution in [3.8, 4) is 0 Å². The molecule has 0 spiro atoms. The molecule has 1 aromatic carbocycles. The number of aromatic nitrogens is 1. The van der Waals surface area contributed by atoms with Gasteiger partial charge in [-0.05, 0) is 48.7 Å². The average molecular weight is 244 g/mol. The molecule has 0 saturated heterocycles. The van der Waals surface area contributed by atoms with Gasteiger partial charge in [0.05, 0.1) is 5.52 Å². The Kier molecular flexibility index (Phi) is 4.43. The molecule has 2 aromatic rings. The molecule has 0 aliphatic rings. The molecule has 2 nitrogen and oxygen atoms in total. The maximum atomic E-state index is 5.70. The highest BCUT2D eigenvalue weighted by Gasteiger charge is 2.06. The standard InChI is InChI=1S/C16H24N2/c1-13(2)5-4-11-18-12-9-15-7-3-6-14(8-10-17)16(15)18/h3,6-7,9,12-13H,4-5,8,10-11,17H2,1-2H3.